The standard InChI is InChI=1S/C14H14BrNO/c1-10-6-11(2)8-12(7-10)9-17-13-4-3-5-16-14(13)15/h3-8H,9H2,1-2H3. The van der Waals surface area contributed by atoms with Crippen molar-refractivity contribution in [3.63, 3.8) is 0 Å². The van der Waals surface area contributed by atoms with Gasteiger partial charge in [0, 0.05) is 6.20 Å². The summed E-state index contributed by atoms with van der Waals surface area (Å²) in [4.78, 5) is 4.12. The average Bonchev–Trinajstić information content (AvgIpc) is 2.27. The molecule has 1 heterocycles. The van der Waals surface area contributed by atoms with Gasteiger partial charge < -0.3 is 4.74 Å². The fraction of sp³-hybridized carbons (Fsp3) is 0.214. The van der Waals surface area contributed by atoms with Crippen molar-refractivity contribution in [3.8, 4) is 5.75 Å². The van der Waals surface area contributed by atoms with Crippen LogP contribution in [0.3, 0.4) is 0 Å². The van der Waals surface area contributed by atoms with E-state index in [-0.39, 0.29) is 0 Å². The molecule has 0 bridgehead atoms. The van der Waals surface area contributed by atoms with E-state index in [1.165, 1.54) is 16.7 Å². The van der Waals surface area contributed by atoms with E-state index >= 15 is 0 Å². The van der Waals surface area contributed by atoms with Crippen LogP contribution in [0.4, 0.5) is 0 Å². The van der Waals surface area contributed by atoms with Crippen LogP contribution in [0.1, 0.15) is 16.7 Å². The monoisotopic (exact) mass is 291 g/mol. The summed E-state index contributed by atoms with van der Waals surface area (Å²) in [6, 6.07) is 10.2. The molecule has 1 aromatic carbocycles. The van der Waals surface area contributed by atoms with Gasteiger partial charge >= 0.3 is 0 Å². The van der Waals surface area contributed by atoms with Gasteiger partial charge in [-0.1, -0.05) is 29.3 Å². The molecule has 17 heavy (non-hydrogen) atoms. The van der Waals surface area contributed by atoms with E-state index in [1.54, 1.807) is 6.20 Å². The largest absolute Gasteiger partial charge is 0.486 e. The molecule has 2 aromatic rings. The molecule has 0 N–H and O–H groups in total. The summed E-state index contributed by atoms with van der Waals surface area (Å²) in [5.41, 5.74) is 3.70. The second-order valence-corrected chi connectivity index (χ2v) is 4.83. The molecule has 2 nitrogen and oxygen atoms in total. The van der Waals surface area contributed by atoms with Crippen LogP contribution in [0, 0.1) is 13.8 Å². The average molecular weight is 292 g/mol. The van der Waals surface area contributed by atoms with Crippen LogP contribution in [0.5, 0.6) is 5.75 Å². The first-order valence-corrected chi connectivity index (χ1v) is 6.25. The first-order valence-electron chi connectivity index (χ1n) is 5.45. The maximum atomic E-state index is 5.72. The van der Waals surface area contributed by atoms with Gasteiger partial charge in [-0.05, 0) is 47.5 Å². The number of hydrogen-bond donors (Lipinski definition) is 0. The summed E-state index contributed by atoms with van der Waals surface area (Å²) < 4.78 is 6.46. The topological polar surface area (TPSA) is 22.1 Å². The second-order valence-electron chi connectivity index (χ2n) is 4.08. The van der Waals surface area contributed by atoms with E-state index < -0.39 is 0 Å². The number of ether oxygens (including phenoxy) is 1. The molecule has 0 aliphatic rings. The fourth-order valence-electron chi connectivity index (χ4n) is 1.79. The van der Waals surface area contributed by atoms with E-state index in [0.717, 1.165) is 10.4 Å². The number of pyridine rings is 1. The van der Waals surface area contributed by atoms with Crippen molar-refractivity contribution < 1.29 is 4.74 Å². The van der Waals surface area contributed by atoms with Gasteiger partial charge in [0.25, 0.3) is 0 Å². The molecule has 2 rings (SSSR count). The number of benzene rings is 1. The molecule has 0 saturated carbocycles. The second kappa shape index (κ2) is 5.32. The Morgan fingerprint density at radius 3 is 2.53 bits per heavy atom. The van der Waals surface area contributed by atoms with E-state index in [0.29, 0.717) is 6.61 Å². The van der Waals surface area contributed by atoms with Crippen molar-refractivity contribution in [1.29, 1.82) is 0 Å². The van der Waals surface area contributed by atoms with Gasteiger partial charge in [-0.3, -0.25) is 0 Å². The molecule has 0 unspecified atom stereocenters. The molecular formula is C14H14BrNO. The molecule has 0 spiro atoms. The zero-order valence-electron chi connectivity index (χ0n) is 9.90. The number of halogens is 1. The van der Waals surface area contributed by atoms with Gasteiger partial charge in [-0.25, -0.2) is 4.98 Å². The Bertz CT molecular complexity index is 505. The molecular weight excluding hydrogens is 278 g/mol. The van der Waals surface area contributed by atoms with Crippen LogP contribution in [-0.2, 0) is 6.61 Å². The number of aryl methyl sites for hydroxylation is 2. The van der Waals surface area contributed by atoms with E-state index in [9.17, 15) is 0 Å². The summed E-state index contributed by atoms with van der Waals surface area (Å²) in [5.74, 6) is 0.770. The van der Waals surface area contributed by atoms with Gasteiger partial charge in [0.05, 0.1) is 0 Å². The SMILES string of the molecule is Cc1cc(C)cc(COc2cccnc2Br)c1. The van der Waals surface area contributed by atoms with Crippen LogP contribution in [0.2, 0.25) is 0 Å². The van der Waals surface area contributed by atoms with Crippen molar-refractivity contribution in [2.24, 2.45) is 0 Å². The molecule has 1 aromatic heterocycles. The van der Waals surface area contributed by atoms with Crippen molar-refractivity contribution in [1.82, 2.24) is 4.98 Å². The quantitative estimate of drug-likeness (QED) is 0.796. The molecule has 0 radical (unpaired) electrons. The molecule has 88 valence electrons. The summed E-state index contributed by atoms with van der Waals surface area (Å²) >= 11 is 3.36. The summed E-state index contributed by atoms with van der Waals surface area (Å²) in [6.45, 7) is 4.75. The molecule has 0 aliphatic heterocycles. The maximum Gasteiger partial charge on any atom is 0.152 e. The predicted octanol–water partition coefficient (Wildman–Crippen LogP) is 4.04. The van der Waals surface area contributed by atoms with E-state index in [1.807, 2.05) is 12.1 Å². The van der Waals surface area contributed by atoms with Crippen LogP contribution in [0.25, 0.3) is 0 Å². The minimum absolute atomic E-state index is 0.562. The van der Waals surface area contributed by atoms with Gasteiger partial charge in [0.2, 0.25) is 0 Å². The summed E-state index contributed by atoms with van der Waals surface area (Å²) in [7, 11) is 0. The molecule has 0 aliphatic carbocycles. The van der Waals surface area contributed by atoms with Gasteiger partial charge in [-0.15, -0.1) is 0 Å². The Kier molecular flexibility index (Phi) is 3.79. The smallest absolute Gasteiger partial charge is 0.152 e. The Hall–Kier alpha value is -1.35. The minimum Gasteiger partial charge on any atom is -0.486 e. The van der Waals surface area contributed by atoms with E-state index in [4.69, 9.17) is 4.74 Å². The van der Waals surface area contributed by atoms with Crippen molar-refractivity contribution >= 4 is 15.9 Å². The number of rotatable bonds is 3. The van der Waals surface area contributed by atoms with Crippen LogP contribution in [0.15, 0.2) is 41.1 Å². The normalized spacial score (nSPS) is 10.3. The third-order valence-corrected chi connectivity index (χ3v) is 3.00. The third-order valence-electron chi connectivity index (χ3n) is 2.40. The lowest BCUT2D eigenvalue weighted by Gasteiger charge is -2.08. The number of nitrogens with zero attached hydrogens (tertiary/aromatic N) is 1. The van der Waals surface area contributed by atoms with Crippen molar-refractivity contribution in [2.45, 2.75) is 20.5 Å². The predicted molar refractivity (Wildman–Crippen MR) is 72.2 cm³/mol. The highest BCUT2D eigenvalue weighted by molar-refractivity contribution is 9.10. The molecule has 0 fully saturated rings. The molecule has 3 heteroatoms. The van der Waals surface area contributed by atoms with Gasteiger partial charge in [0.15, 0.2) is 5.75 Å². The molecule has 0 amide bonds. The highest BCUT2D eigenvalue weighted by atomic mass is 79.9. The van der Waals surface area contributed by atoms with Crippen LogP contribution < -0.4 is 4.74 Å². The first-order chi connectivity index (χ1) is 8.15. The Labute approximate surface area is 110 Å². The van der Waals surface area contributed by atoms with Gasteiger partial charge in [-0.2, -0.15) is 0 Å². The zero-order valence-corrected chi connectivity index (χ0v) is 11.5. The first kappa shape index (κ1) is 12.1. The molecule has 0 saturated heterocycles. The minimum atomic E-state index is 0.562. The highest BCUT2D eigenvalue weighted by Crippen LogP contribution is 2.22. The summed E-state index contributed by atoms with van der Waals surface area (Å²) in [5, 5.41) is 0. The molecule has 0 atom stereocenters. The summed E-state index contributed by atoms with van der Waals surface area (Å²) in [6.07, 6.45) is 1.73. The number of aromatic nitrogens is 1. The van der Waals surface area contributed by atoms with E-state index in [2.05, 4.69) is 53.0 Å². The fourth-order valence-corrected chi connectivity index (χ4v) is 2.16. The lowest BCUT2D eigenvalue weighted by molar-refractivity contribution is 0.302. The Balaban J connectivity index is 2.10. The Morgan fingerprint density at radius 1 is 1.18 bits per heavy atom. The third kappa shape index (κ3) is 3.30. The maximum absolute atomic E-state index is 5.72. The van der Waals surface area contributed by atoms with Crippen LogP contribution >= 0.6 is 15.9 Å². The lowest BCUT2D eigenvalue weighted by Crippen LogP contribution is -1.97. The lowest BCUT2D eigenvalue weighted by atomic mass is 10.1. The van der Waals surface area contributed by atoms with Crippen molar-refractivity contribution in [3.05, 3.63) is 57.8 Å². The Morgan fingerprint density at radius 2 is 1.88 bits per heavy atom. The highest BCUT2D eigenvalue weighted by Gasteiger charge is 2.02. The zero-order chi connectivity index (χ0) is 12.3. The van der Waals surface area contributed by atoms with Crippen LogP contribution in [-0.4, -0.2) is 4.98 Å². The number of hydrogen-bond acceptors (Lipinski definition) is 2. The van der Waals surface area contributed by atoms with Gasteiger partial charge in [0.1, 0.15) is 11.2 Å². The van der Waals surface area contributed by atoms with Crippen molar-refractivity contribution in [2.75, 3.05) is 0 Å².